The molecule has 4 N–H and O–H groups in total. The Labute approximate surface area is 268 Å². The third-order valence-electron chi connectivity index (χ3n) is 8.00. The topological polar surface area (TPSA) is 167 Å². The average Bonchev–Trinajstić information content (AvgIpc) is 3.01. The number of fused-ring (bicyclic) bond motifs is 2. The lowest BCUT2D eigenvalue weighted by atomic mass is 9.82. The van der Waals surface area contributed by atoms with Gasteiger partial charge in [-0.25, -0.2) is 0 Å². The fraction of sp³-hybridized carbons (Fsp3) is 0.235. The van der Waals surface area contributed by atoms with E-state index >= 15 is 0 Å². The predicted molar refractivity (Wildman–Crippen MR) is 175 cm³/mol. The fourth-order valence-corrected chi connectivity index (χ4v) is 6.73. The number of carbonyl (C=O) groups is 2. The Morgan fingerprint density at radius 1 is 0.587 bits per heavy atom. The smallest absolute Gasteiger partial charge is 0.294 e. The molecule has 0 fully saturated rings. The van der Waals surface area contributed by atoms with Crippen LogP contribution in [-0.2, 0) is 33.1 Å². The van der Waals surface area contributed by atoms with Crippen molar-refractivity contribution in [2.24, 2.45) is 0 Å². The molecule has 2 atom stereocenters. The molecule has 0 saturated carbocycles. The van der Waals surface area contributed by atoms with Crippen molar-refractivity contribution in [2.75, 3.05) is 10.6 Å². The molecule has 1 aliphatic rings. The molecular weight excluding hydrogens is 629 g/mol. The first-order valence-electron chi connectivity index (χ1n) is 14.7. The molecule has 0 radical (unpaired) electrons. The molecule has 12 heteroatoms. The molecule has 0 amide bonds. The van der Waals surface area contributed by atoms with E-state index in [0.717, 1.165) is 11.1 Å². The standard InChI is InChI=1S/C34H34N2O8S2/c1-21(13-15-23-7-5-9-25(19-23)45(39,40)41)35-29-17-18-30(32-31(29)33(37)27-11-3-4-12-28(27)34(32)38)36-22(2)14-16-24-8-6-10-26(20-24)46(42,43)44/h3-12,17-22,35-36H,13-16H2,1-2H3,(H,39,40,41)(H,42,43,44). The number of hydrogen-bond acceptors (Lipinski definition) is 8. The highest BCUT2D eigenvalue weighted by atomic mass is 32.2. The molecular formula is C34H34N2O8S2. The monoisotopic (exact) mass is 662 g/mol. The van der Waals surface area contributed by atoms with Gasteiger partial charge in [0.1, 0.15) is 0 Å². The van der Waals surface area contributed by atoms with Crippen LogP contribution < -0.4 is 10.6 Å². The largest absolute Gasteiger partial charge is 0.382 e. The van der Waals surface area contributed by atoms with E-state index in [0.29, 0.717) is 48.2 Å². The molecule has 4 aromatic rings. The Kier molecular flexibility index (Phi) is 9.45. The zero-order valence-electron chi connectivity index (χ0n) is 25.2. The van der Waals surface area contributed by atoms with Gasteiger partial charge in [-0.3, -0.25) is 18.7 Å². The second kappa shape index (κ2) is 13.2. The van der Waals surface area contributed by atoms with Crippen molar-refractivity contribution in [3.05, 3.63) is 118 Å². The summed E-state index contributed by atoms with van der Waals surface area (Å²) in [6, 6.07) is 22.1. The summed E-state index contributed by atoms with van der Waals surface area (Å²) in [6.45, 7) is 3.85. The summed E-state index contributed by atoms with van der Waals surface area (Å²) in [7, 11) is -8.64. The SMILES string of the molecule is CC(CCc1cccc(S(=O)(=O)O)c1)Nc1ccc(NC(C)CCc2cccc(S(=O)(=O)O)c2)c2c1C(=O)c1ccccc1C2=O. The van der Waals surface area contributed by atoms with Crippen LogP contribution in [0.1, 0.15) is 69.7 Å². The van der Waals surface area contributed by atoms with Gasteiger partial charge in [0.25, 0.3) is 20.2 Å². The summed E-state index contributed by atoms with van der Waals surface area (Å²) in [5, 5.41) is 6.75. The van der Waals surface area contributed by atoms with E-state index in [-0.39, 0.29) is 44.6 Å². The first-order valence-corrected chi connectivity index (χ1v) is 17.6. The zero-order chi connectivity index (χ0) is 33.2. The highest BCUT2D eigenvalue weighted by molar-refractivity contribution is 7.86. The van der Waals surface area contributed by atoms with Gasteiger partial charge in [-0.2, -0.15) is 16.8 Å². The second-order valence-corrected chi connectivity index (χ2v) is 14.4. The van der Waals surface area contributed by atoms with Crippen molar-refractivity contribution < 1.29 is 35.5 Å². The molecule has 0 aromatic heterocycles. The number of hydrogen-bond donors (Lipinski definition) is 4. The third kappa shape index (κ3) is 7.37. The third-order valence-corrected chi connectivity index (χ3v) is 9.70. The van der Waals surface area contributed by atoms with Gasteiger partial charge in [0, 0.05) is 34.6 Å². The number of aryl methyl sites for hydroxylation is 2. The zero-order valence-corrected chi connectivity index (χ0v) is 26.9. The van der Waals surface area contributed by atoms with Crippen LogP contribution in [0.5, 0.6) is 0 Å². The van der Waals surface area contributed by atoms with Gasteiger partial charge in [-0.1, -0.05) is 48.5 Å². The highest BCUT2D eigenvalue weighted by Crippen LogP contribution is 2.37. The maximum atomic E-state index is 13.9. The van der Waals surface area contributed by atoms with Gasteiger partial charge >= 0.3 is 0 Å². The van der Waals surface area contributed by atoms with Gasteiger partial charge in [-0.15, -0.1) is 0 Å². The lowest BCUT2D eigenvalue weighted by molar-refractivity contribution is 0.0980. The van der Waals surface area contributed by atoms with Crippen molar-refractivity contribution in [3.8, 4) is 0 Å². The van der Waals surface area contributed by atoms with Crippen LogP contribution in [0, 0.1) is 0 Å². The van der Waals surface area contributed by atoms with Crippen LogP contribution in [0.4, 0.5) is 11.4 Å². The van der Waals surface area contributed by atoms with Gasteiger partial charge in [0.2, 0.25) is 0 Å². The van der Waals surface area contributed by atoms with Crippen LogP contribution in [0.2, 0.25) is 0 Å². The maximum absolute atomic E-state index is 13.9. The molecule has 0 bridgehead atoms. The summed E-state index contributed by atoms with van der Waals surface area (Å²) >= 11 is 0. The number of rotatable bonds is 12. The van der Waals surface area contributed by atoms with Crippen LogP contribution in [0.25, 0.3) is 0 Å². The minimum atomic E-state index is -4.32. The summed E-state index contributed by atoms with van der Waals surface area (Å²) in [6.07, 6.45) is 2.13. The van der Waals surface area contributed by atoms with Gasteiger partial charge < -0.3 is 10.6 Å². The van der Waals surface area contributed by atoms with Crippen molar-refractivity contribution in [2.45, 2.75) is 61.4 Å². The quantitative estimate of drug-likeness (QED) is 0.120. The lowest BCUT2D eigenvalue weighted by Gasteiger charge is -2.27. The van der Waals surface area contributed by atoms with Crippen molar-refractivity contribution in [1.29, 1.82) is 0 Å². The van der Waals surface area contributed by atoms with Crippen LogP contribution in [0.3, 0.4) is 0 Å². The Morgan fingerprint density at radius 3 is 1.35 bits per heavy atom. The Morgan fingerprint density at radius 2 is 0.978 bits per heavy atom. The number of ketones is 2. The molecule has 10 nitrogen and oxygen atoms in total. The number of carbonyl (C=O) groups excluding carboxylic acids is 2. The van der Waals surface area contributed by atoms with Gasteiger partial charge in [-0.05, 0) is 87.1 Å². The Hall–Kier alpha value is -4.36. The van der Waals surface area contributed by atoms with E-state index in [4.69, 9.17) is 0 Å². The van der Waals surface area contributed by atoms with E-state index in [2.05, 4.69) is 10.6 Å². The van der Waals surface area contributed by atoms with E-state index in [9.17, 15) is 35.5 Å². The normalized spacial score (nSPS) is 14.3. The van der Waals surface area contributed by atoms with E-state index < -0.39 is 20.2 Å². The van der Waals surface area contributed by atoms with E-state index in [1.807, 2.05) is 13.8 Å². The number of benzene rings is 4. The Balaban J connectivity index is 1.38. The van der Waals surface area contributed by atoms with Crippen LogP contribution in [-0.4, -0.2) is 49.6 Å². The highest BCUT2D eigenvalue weighted by Gasteiger charge is 2.34. The second-order valence-electron chi connectivity index (χ2n) is 11.5. The molecule has 46 heavy (non-hydrogen) atoms. The van der Waals surface area contributed by atoms with Crippen molar-refractivity contribution in [3.63, 3.8) is 0 Å². The predicted octanol–water partition coefficient (Wildman–Crippen LogP) is 5.82. The van der Waals surface area contributed by atoms with Crippen molar-refractivity contribution in [1.82, 2.24) is 0 Å². The molecule has 0 aliphatic heterocycles. The molecule has 5 rings (SSSR count). The van der Waals surface area contributed by atoms with Crippen LogP contribution in [0.15, 0.2) is 94.7 Å². The summed E-state index contributed by atoms with van der Waals surface area (Å²) in [4.78, 5) is 27.4. The first kappa shape index (κ1) is 33.0. The molecule has 4 aromatic carbocycles. The van der Waals surface area contributed by atoms with E-state index in [1.165, 1.54) is 24.3 Å². The minimum absolute atomic E-state index is 0.171. The van der Waals surface area contributed by atoms with Gasteiger partial charge in [0.15, 0.2) is 11.6 Å². The molecule has 0 spiro atoms. The minimum Gasteiger partial charge on any atom is -0.382 e. The van der Waals surface area contributed by atoms with Crippen LogP contribution >= 0.6 is 0 Å². The summed E-state index contributed by atoms with van der Waals surface area (Å²) in [5.74, 6) is -0.557. The van der Waals surface area contributed by atoms with E-state index in [1.54, 1.807) is 60.7 Å². The molecule has 0 heterocycles. The molecule has 1 aliphatic carbocycles. The average molecular weight is 663 g/mol. The molecule has 240 valence electrons. The summed E-state index contributed by atoms with van der Waals surface area (Å²) in [5.41, 5.74) is 3.63. The summed E-state index contributed by atoms with van der Waals surface area (Å²) < 4.78 is 64.9. The first-order chi connectivity index (χ1) is 21.7. The fourth-order valence-electron chi connectivity index (χ4n) is 5.63. The molecule has 0 saturated heterocycles. The van der Waals surface area contributed by atoms with Crippen molar-refractivity contribution >= 4 is 43.2 Å². The lowest BCUT2D eigenvalue weighted by Crippen LogP contribution is -2.27. The Bertz CT molecular complexity index is 1900. The molecule has 2 unspecified atom stereocenters. The van der Waals surface area contributed by atoms with Gasteiger partial charge in [0.05, 0.1) is 20.9 Å². The number of nitrogens with one attached hydrogen (secondary N) is 2. The maximum Gasteiger partial charge on any atom is 0.294 e. The number of anilines is 2.